The standard InChI is InChI=1S/C15H16N2O2/c1-10(2)11-3-5-12(6-4-11)17-14-7-8-16-9-13(14)15(18)19/h3-10H,1-2H3,(H,16,17)(H,18,19). The molecule has 98 valence electrons. The molecule has 0 aliphatic carbocycles. The predicted molar refractivity (Wildman–Crippen MR) is 75.0 cm³/mol. The zero-order valence-corrected chi connectivity index (χ0v) is 10.9. The van der Waals surface area contributed by atoms with Gasteiger partial charge in [-0.05, 0) is 29.7 Å². The summed E-state index contributed by atoms with van der Waals surface area (Å²) in [6, 6.07) is 9.62. The molecule has 0 unspecified atom stereocenters. The van der Waals surface area contributed by atoms with Gasteiger partial charge in [0.2, 0.25) is 0 Å². The maximum atomic E-state index is 11.1. The average Bonchev–Trinajstić information content (AvgIpc) is 2.39. The summed E-state index contributed by atoms with van der Waals surface area (Å²) in [6.45, 7) is 4.27. The highest BCUT2D eigenvalue weighted by Gasteiger charge is 2.09. The van der Waals surface area contributed by atoms with Gasteiger partial charge in [-0.25, -0.2) is 4.79 Å². The highest BCUT2D eigenvalue weighted by atomic mass is 16.4. The van der Waals surface area contributed by atoms with Crippen LogP contribution in [0.5, 0.6) is 0 Å². The number of benzene rings is 1. The van der Waals surface area contributed by atoms with E-state index in [0.29, 0.717) is 11.6 Å². The zero-order chi connectivity index (χ0) is 13.8. The molecule has 1 aromatic carbocycles. The molecule has 0 saturated carbocycles. The number of hydrogen-bond acceptors (Lipinski definition) is 3. The Bertz CT molecular complexity index is 577. The number of aromatic nitrogens is 1. The van der Waals surface area contributed by atoms with E-state index in [1.807, 2.05) is 24.3 Å². The number of nitrogens with zero attached hydrogens (tertiary/aromatic N) is 1. The van der Waals surface area contributed by atoms with Crippen LogP contribution in [0.3, 0.4) is 0 Å². The lowest BCUT2D eigenvalue weighted by Crippen LogP contribution is -2.03. The number of carboxylic acid groups (broad SMARTS) is 1. The molecule has 19 heavy (non-hydrogen) atoms. The van der Waals surface area contributed by atoms with Crippen LogP contribution in [0.4, 0.5) is 11.4 Å². The third kappa shape index (κ3) is 3.10. The Morgan fingerprint density at radius 1 is 1.21 bits per heavy atom. The van der Waals surface area contributed by atoms with Gasteiger partial charge in [-0.1, -0.05) is 26.0 Å². The van der Waals surface area contributed by atoms with Gasteiger partial charge in [-0.2, -0.15) is 0 Å². The van der Waals surface area contributed by atoms with Crippen LogP contribution in [0.25, 0.3) is 0 Å². The molecule has 0 atom stereocenters. The summed E-state index contributed by atoms with van der Waals surface area (Å²) in [5.41, 5.74) is 2.81. The molecule has 0 radical (unpaired) electrons. The van der Waals surface area contributed by atoms with Gasteiger partial charge >= 0.3 is 5.97 Å². The summed E-state index contributed by atoms with van der Waals surface area (Å²) < 4.78 is 0. The normalized spacial score (nSPS) is 10.5. The van der Waals surface area contributed by atoms with E-state index >= 15 is 0 Å². The highest BCUT2D eigenvalue weighted by Crippen LogP contribution is 2.22. The van der Waals surface area contributed by atoms with E-state index < -0.39 is 5.97 Å². The van der Waals surface area contributed by atoms with Gasteiger partial charge in [-0.15, -0.1) is 0 Å². The molecule has 1 heterocycles. The van der Waals surface area contributed by atoms with Gasteiger partial charge in [0.15, 0.2) is 0 Å². The van der Waals surface area contributed by atoms with Gasteiger partial charge in [0.25, 0.3) is 0 Å². The van der Waals surface area contributed by atoms with Crippen molar-refractivity contribution in [3.63, 3.8) is 0 Å². The van der Waals surface area contributed by atoms with E-state index in [2.05, 4.69) is 24.1 Å². The Hall–Kier alpha value is -2.36. The second-order valence-corrected chi connectivity index (χ2v) is 4.63. The molecule has 0 spiro atoms. The first-order valence-corrected chi connectivity index (χ1v) is 6.12. The quantitative estimate of drug-likeness (QED) is 0.876. The fourth-order valence-electron chi connectivity index (χ4n) is 1.78. The van der Waals surface area contributed by atoms with Gasteiger partial charge < -0.3 is 10.4 Å². The van der Waals surface area contributed by atoms with Crippen LogP contribution in [0.2, 0.25) is 0 Å². The summed E-state index contributed by atoms with van der Waals surface area (Å²) in [4.78, 5) is 14.9. The zero-order valence-electron chi connectivity index (χ0n) is 10.9. The second-order valence-electron chi connectivity index (χ2n) is 4.63. The van der Waals surface area contributed by atoms with Crippen molar-refractivity contribution in [2.24, 2.45) is 0 Å². The van der Waals surface area contributed by atoms with E-state index in [1.54, 1.807) is 12.3 Å². The number of nitrogens with one attached hydrogen (secondary N) is 1. The Morgan fingerprint density at radius 2 is 1.89 bits per heavy atom. The van der Waals surface area contributed by atoms with Crippen molar-refractivity contribution in [2.75, 3.05) is 5.32 Å². The van der Waals surface area contributed by atoms with E-state index in [4.69, 9.17) is 5.11 Å². The maximum Gasteiger partial charge on any atom is 0.339 e. The van der Waals surface area contributed by atoms with Crippen molar-refractivity contribution < 1.29 is 9.90 Å². The van der Waals surface area contributed by atoms with Crippen molar-refractivity contribution in [1.29, 1.82) is 0 Å². The molecular weight excluding hydrogens is 240 g/mol. The summed E-state index contributed by atoms with van der Waals surface area (Å²) in [7, 11) is 0. The lowest BCUT2D eigenvalue weighted by molar-refractivity contribution is 0.0697. The molecule has 2 aromatic rings. The monoisotopic (exact) mass is 256 g/mol. The summed E-state index contributed by atoms with van der Waals surface area (Å²) >= 11 is 0. The second kappa shape index (κ2) is 5.52. The number of carboxylic acids is 1. The van der Waals surface area contributed by atoms with Crippen LogP contribution >= 0.6 is 0 Å². The van der Waals surface area contributed by atoms with Gasteiger partial charge in [0.1, 0.15) is 5.56 Å². The molecule has 1 aromatic heterocycles. The molecule has 0 saturated heterocycles. The van der Waals surface area contributed by atoms with Crippen LogP contribution in [0, 0.1) is 0 Å². The molecule has 0 fully saturated rings. The lowest BCUT2D eigenvalue weighted by atomic mass is 10.0. The smallest absolute Gasteiger partial charge is 0.339 e. The minimum Gasteiger partial charge on any atom is -0.478 e. The molecular formula is C15H16N2O2. The molecule has 0 bridgehead atoms. The molecule has 4 heteroatoms. The molecule has 4 nitrogen and oxygen atoms in total. The number of hydrogen-bond donors (Lipinski definition) is 2. The van der Waals surface area contributed by atoms with Crippen LogP contribution < -0.4 is 5.32 Å². The van der Waals surface area contributed by atoms with Gasteiger partial charge in [-0.3, -0.25) is 4.98 Å². The molecule has 2 N–H and O–H groups in total. The van der Waals surface area contributed by atoms with Gasteiger partial charge in [0.05, 0.1) is 5.69 Å². The number of carbonyl (C=O) groups is 1. The highest BCUT2D eigenvalue weighted by molar-refractivity contribution is 5.94. The minimum atomic E-state index is -0.991. The lowest BCUT2D eigenvalue weighted by Gasteiger charge is -2.10. The van der Waals surface area contributed by atoms with Crippen molar-refractivity contribution in [2.45, 2.75) is 19.8 Å². The number of rotatable bonds is 4. The predicted octanol–water partition coefficient (Wildman–Crippen LogP) is 3.65. The first kappa shape index (κ1) is 13.1. The van der Waals surface area contributed by atoms with Crippen molar-refractivity contribution in [3.8, 4) is 0 Å². The number of aromatic carboxylic acids is 1. The largest absolute Gasteiger partial charge is 0.478 e. The van der Waals surface area contributed by atoms with Crippen molar-refractivity contribution >= 4 is 17.3 Å². The van der Waals surface area contributed by atoms with E-state index in [-0.39, 0.29) is 5.56 Å². The Morgan fingerprint density at radius 3 is 2.47 bits per heavy atom. The van der Waals surface area contributed by atoms with E-state index in [0.717, 1.165) is 5.69 Å². The first-order chi connectivity index (χ1) is 9.08. The molecule has 0 aliphatic rings. The van der Waals surface area contributed by atoms with E-state index in [9.17, 15) is 4.79 Å². The van der Waals surface area contributed by atoms with Crippen LogP contribution in [-0.2, 0) is 0 Å². The fraction of sp³-hybridized carbons (Fsp3) is 0.200. The number of pyridine rings is 1. The van der Waals surface area contributed by atoms with E-state index in [1.165, 1.54) is 11.8 Å². The third-order valence-electron chi connectivity index (χ3n) is 2.91. The topological polar surface area (TPSA) is 62.2 Å². The number of anilines is 2. The molecule has 0 aliphatic heterocycles. The fourth-order valence-corrected chi connectivity index (χ4v) is 1.78. The maximum absolute atomic E-state index is 11.1. The SMILES string of the molecule is CC(C)c1ccc(Nc2ccncc2C(=O)O)cc1. The molecule has 2 rings (SSSR count). The first-order valence-electron chi connectivity index (χ1n) is 6.12. The Balaban J connectivity index is 2.24. The Kier molecular flexibility index (Phi) is 3.80. The molecule has 0 amide bonds. The summed E-state index contributed by atoms with van der Waals surface area (Å²) in [6.07, 6.45) is 2.91. The summed E-state index contributed by atoms with van der Waals surface area (Å²) in [5.74, 6) is -0.515. The van der Waals surface area contributed by atoms with Crippen LogP contribution in [0.15, 0.2) is 42.7 Å². The Labute approximate surface area is 112 Å². The van der Waals surface area contributed by atoms with Crippen molar-refractivity contribution in [3.05, 3.63) is 53.9 Å². The third-order valence-corrected chi connectivity index (χ3v) is 2.91. The van der Waals surface area contributed by atoms with Gasteiger partial charge in [0, 0.05) is 18.1 Å². The average molecular weight is 256 g/mol. The van der Waals surface area contributed by atoms with Crippen molar-refractivity contribution in [1.82, 2.24) is 4.98 Å². The minimum absolute atomic E-state index is 0.162. The van der Waals surface area contributed by atoms with Crippen LogP contribution in [0.1, 0.15) is 35.7 Å². The van der Waals surface area contributed by atoms with Crippen LogP contribution in [-0.4, -0.2) is 16.1 Å². The summed E-state index contributed by atoms with van der Waals surface area (Å²) in [5, 5.41) is 12.2.